The summed E-state index contributed by atoms with van der Waals surface area (Å²) >= 11 is 0. The average Bonchev–Trinajstić information content (AvgIpc) is 3.33. The molecule has 30 heavy (non-hydrogen) atoms. The highest BCUT2D eigenvalue weighted by atomic mass is 19.1. The Hall–Kier alpha value is -3.07. The minimum absolute atomic E-state index is 0.00138. The Balaban J connectivity index is 1.91. The molecule has 3 rings (SSSR count). The minimum Gasteiger partial charge on any atom is -0.477 e. The molecule has 0 aromatic carbocycles. The molecule has 0 radical (unpaired) electrons. The van der Waals surface area contributed by atoms with E-state index in [2.05, 4.69) is 26.6 Å². The van der Waals surface area contributed by atoms with Gasteiger partial charge in [-0.2, -0.15) is 5.10 Å². The van der Waals surface area contributed by atoms with Crippen LogP contribution in [0.15, 0.2) is 47.6 Å². The number of carbonyl (C=O) groups is 1. The summed E-state index contributed by atoms with van der Waals surface area (Å²) in [6.45, 7) is 8.28. The molecule has 2 aromatic heterocycles. The highest BCUT2D eigenvalue weighted by molar-refractivity contribution is 6.01. The van der Waals surface area contributed by atoms with E-state index in [0.29, 0.717) is 18.7 Å². The zero-order valence-electron chi connectivity index (χ0n) is 17.3. The topological polar surface area (TPSA) is 109 Å². The Labute approximate surface area is 174 Å². The first kappa shape index (κ1) is 21.6. The molecule has 1 fully saturated rings. The third-order valence-corrected chi connectivity index (χ3v) is 5.14. The van der Waals surface area contributed by atoms with Crippen LogP contribution in [0.3, 0.4) is 0 Å². The summed E-state index contributed by atoms with van der Waals surface area (Å²) in [7, 11) is 0. The number of aliphatic imine (C=N–C) groups is 1. The lowest BCUT2D eigenvalue weighted by atomic mass is 9.97. The Kier molecular flexibility index (Phi) is 6.61. The molecule has 0 saturated carbocycles. The number of aromatic carboxylic acids is 1. The molecule has 0 amide bonds. The number of carboxylic acids is 1. The molecule has 3 heterocycles. The van der Waals surface area contributed by atoms with Crippen molar-refractivity contribution in [3.63, 3.8) is 0 Å². The fourth-order valence-electron chi connectivity index (χ4n) is 3.60. The van der Waals surface area contributed by atoms with Gasteiger partial charge in [-0.3, -0.25) is 4.99 Å². The fourth-order valence-corrected chi connectivity index (χ4v) is 3.60. The Morgan fingerprint density at radius 3 is 3.00 bits per heavy atom. The normalized spacial score (nSPS) is 18.8. The van der Waals surface area contributed by atoms with Crippen molar-refractivity contribution in [3.8, 4) is 0 Å². The number of carboxylic acid groups (broad SMARTS) is 1. The van der Waals surface area contributed by atoms with E-state index in [0.717, 1.165) is 30.7 Å². The van der Waals surface area contributed by atoms with E-state index in [9.17, 15) is 14.3 Å². The van der Waals surface area contributed by atoms with Gasteiger partial charge < -0.3 is 15.7 Å². The van der Waals surface area contributed by atoms with E-state index in [1.807, 2.05) is 13.0 Å². The van der Waals surface area contributed by atoms with Gasteiger partial charge in [0.05, 0.1) is 18.4 Å². The first-order valence-corrected chi connectivity index (χ1v) is 9.96. The quantitative estimate of drug-likeness (QED) is 0.641. The minimum atomic E-state index is -1.07. The molecule has 0 bridgehead atoms. The number of rotatable bonds is 8. The van der Waals surface area contributed by atoms with Crippen molar-refractivity contribution >= 4 is 23.1 Å². The molecule has 0 aliphatic carbocycles. The summed E-state index contributed by atoms with van der Waals surface area (Å²) < 4.78 is 14.7. The highest BCUT2D eigenvalue weighted by Gasteiger charge is 2.30. The average molecular weight is 414 g/mol. The number of allylic oxidation sites excluding steroid dienone is 1. The first-order valence-electron chi connectivity index (χ1n) is 9.96. The number of hydrogen-bond donors (Lipinski definition) is 2. The maximum atomic E-state index is 13.3. The maximum absolute atomic E-state index is 13.3. The molecule has 1 aliphatic heterocycles. The second kappa shape index (κ2) is 9.17. The molecule has 0 unspecified atom stereocenters. The maximum Gasteiger partial charge on any atom is 0.341 e. The lowest BCUT2D eigenvalue weighted by Gasteiger charge is -2.28. The zero-order chi connectivity index (χ0) is 21.8. The largest absolute Gasteiger partial charge is 0.477 e. The van der Waals surface area contributed by atoms with E-state index in [1.54, 1.807) is 6.20 Å². The molecule has 8 nitrogen and oxygen atoms in total. The van der Waals surface area contributed by atoms with E-state index in [4.69, 9.17) is 5.73 Å². The summed E-state index contributed by atoms with van der Waals surface area (Å²) in [4.78, 5) is 22.4. The van der Waals surface area contributed by atoms with Crippen molar-refractivity contribution < 1.29 is 14.3 Å². The second-order valence-corrected chi connectivity index (χ2v) is 7.60. The molecule has 2 atom stereocenters. The van der Waals surface area contributed by atoms with Crippen molar-refractivity contribution in [1.82, 2.24) is 14.6 Å². The van der Waals surface area contributed by atoms with Crippen molar-refractivity contribution in [2.24, 2.45) is 10.7 Å². The van der Waals surface area contributed by atoms with Crippen LogP contribution in [-0.2, 0) is 0 Å². The summed E-state index contributed by atoms with van der Waals surface area (Å²) in [5.74, 6) is -0.799. The van der Waals surface area contributed by atoms with Crippen LogP contribution >= 0.6 is 0 Å². The van der Waals surface area contributed by atoms with E-state index in [-0.39, 0.29) is 29.1 Å². The SMILES string of the molecule is C=C(C(CC[C@@H](C)N)=N/C=C(\C)F)[C@H]1CCCN1c1ccn2ncc(C(=O)O)c2n1. The van der Waals surface area contributed by atoms with Gasteiger partial charge in [0.2, 0.25) is 0 Å². The summed E-state index contributed by atoms with van der Waals surface area (Å²) in [5, 5.41) is 13.4. The third-order valence-electron chi connectivity index (χ3n) is 5.14. The van der Waals surface area contributed by atoms with Gasteiger partial charge in [0.25, 0.3) is 0 Å². The third kappa shape index (κ3) is 4.73. The number of hydrogen-bond acceptors (Lipinski definition) is 6. The number of anilines is 1. The number of aromatic nitrogens is 3. The van der Waals surface area contributed by atoms with Crippen LogP contribution in [0.2, 0.25) is 0 Å². The van der Waals surface area contributed by atoms with Crippen molar-refractivity contribution in [3.05, 3.63) is 48.2 Å². The standard InChI is InChI=1S/C21H27FN6O2/c1-13(22)11-24-17(7-6-14(2)23)15(3)18-5-4-9-27(18)19-8-10-28-20(26-19)16(12-25-28)21(29)30/h8,10-12,14,18H,3-7,9,23H2,1-2H3,(H,29,30)/b13-11+,24-17?/t14-,18-/m1/s1. The number of halogens is 1. The molecule has 1 saturated heterocycles. The van der Waals surface area contributed by atoms with Gasteiger partial charge in [-0.15, -0.1) is 0 Å². The fraction of sp³-hybridized carbons (Fsp3) is 0.429. The Bertz CT molecular complexity index is 1010. The molecular weight excluding hydrogens is 387 g/mol. The van der Waals surface area contributed by atoms with Gasteiger partial charge >= 0.3 is 5.97 Å². The zero-order valence-corrected chi connectivity index (χ0v) is 17.3. The van der Waals surface area contributed by atoms with E-state index >= 15 is 0 Å². The smallest absolute Gasteiger partial charge is 0.341 e. The number of nitrogens with two attached hydrogens (primary N) is 1. The molecule has 2 aromatic rings. The van der Waals surface area contributed by atoms with Gasteiger partial charge in [-0.25, -0.2) is 18.7 Å². The van der Waals surface area contributed by atoms with Gasteiger partial charge in [0.1, 0.15) is 17.2 Å². The van der Waals surface area contributed by atoms with Gasteiger partial charge in [0, 0.05) is 24.5 Å². The van der Waals surface area contributed by atoms with Crippen LogP contribution in [0.25, 0.3) is 5.65 Å². The van der Waals surface area contributed by atoms with Crippen LogP contribution in [0.1, 0.15) is 49.9 Å². The highest BCUT2D eigenvalue weighted by Crippen LogP contribution is 2.30. The number of fused-ring (bicyclic) bond motifs is 1. The molecule has 9 heteroatoms. The van der Waals surface area contributed by atoms with Crippen LogP contribution in [0.4, 0.5) is 10.2 Å². The van der Waals surface area contributed by atoms with Crippen LogP contribution in [0.5, 0.6) is 0 Å². The van der Waals surface area contributed by atoms with Crippen molar-refractivity contribution in [2.75, 3.05) is 11.4 Å². The van der Waals surface area contributed by atoms with Gasteiger partial charge in [0.15, 0.2) is 5.65 Å². The van der Waals surface area contributed by atoms with Crippen molar-refractivity contribution in [1.29, 1.82) is 0 Å². The Morgan fingerprint density at radius 1 is 1.57 bits per heavy atom. The predicted octanol–water partition coefficient (Wildman–Crippen LogP) is 3.35. The lowest BCUT2D eigenvalue weighted by molar-refractivity contribution is 0.0698. The first-order chi connectivity index (χ1) is 14.3. The van der Waals surface area contributed by atoms with Crippen LogP contribution in [0, 0.1) is 0 Å². The van der Waals surface area contributed by atoms with Crippen molar-refractivity contribution in [2.45, 2.75) is 51.6 Å². The second-order valence-electron chi connectivity index (χ2n) is 7.60. The van der Waals surface area contributed by atoms with E-state index < -0.39 is 5.97 Å². The molecule has 0 spiro atoms. The molecular formula is C21H27FN6O2. The number of nitrogens with zero attached hydrogens (tertiary/aromatic N) is 5. The summed E-state index contributed by atoms with van der Waals surface area (Å²) in [6.07, 6.45) is 7.29. The molecule has 1 aliphatic rings. The molecule has 160 valence electrons. The monoisotopic (exact) mass is 414 g/mol. The van der Waals surface area contributed by atoms with Gasteiger partial charge in [-0.05, 0) is 51.2 Å². The Morgan fingerprint density at radius 2 is 2.33 bits per heavy atom. The summed E-state index contributed by atoms with van der Waals surface area (Å²) in [5.41, 5.74) is 7.76. The van der Waals surface area contributed by atoms with Crippen LogP contribution < -0.4 is 10.6 Å². The van der Waals surface area contributed by atoms with Crippen LogP contribution in [-0.4, -0.2) is 50.0 Å². The lowest BCUT2D eigenvalue weighted by Crippen LogP contribution is -2.34. The summed E-state index contributed by atoms with van der Waals surface area (Å²) in [6, 6.07) is 1.75. The molecule has 3 N–H and O–H groups in total. The van der Waals surface area contributed by atoms with E-state index in [1.165, 1.54) is 23.8 Å². The predicted molar refractivity (Wildman–Crippen MR) is 115 cm³/mol. The van der Waals surface area contributed by atoms with Gasteiger partial charge in [-0.1, -0.05) is 6.58 Å².